The fourth-order valence-electron chi connectivity index (χ4n) is 12.2. The monoisotopic (exact) mass is 1340 g/mol. The van der Waals surface area contributed by atoms with E-state index in [4.69, 9.17) is 9.97 Å². The van der Waals surface area contributed by atoms with Gasteiger partial charge in [0.2, 0.25) is 40.1 Å². The second-order valence-electron chi connectivity index (χ2n) is 24.8. The highest BCUT2D eigenvalue weighted by molar-refractivity contribution is 7.90. The number of fused-ring (bicyclic) bond motifs is 4. The molecule has 20 heteroatoms. The van der Waals surface area contributed by atoms with Crippen molar-refractivity contribution in [3.8, 4) is 22.3 Å². The first-order chi connectivity index (χ1) is 45.1. The van der Waals surface area contributed by atoms with Crippen LogP contribution in [0.15, 0.2) is 226 Å². The first-order valence-electron chi connectivity index (χ1n) is 32.1. The SMILES string of the molecule is Cc1ccc(S(=O)(=O)N2CCCN(Cc3ccc(CN4CCCN(S(=O)(=O)c5ccc(C)cc5)Cc5cc(-c6ccccc6)cc(n5)CN(S(=O)(=O)c5ccc(C)cc5)CCC4)cc3)CCCN(S(=O)(=O)c3ccc(C)cc3)Cc3cc(-c4ccccc4)cc(n3)C2)cc1. The average molecular weight is 1340 g/mol. The van der Waals surface area contributed by atoms with E-state index in [1.165, 1.54) is 17.2 Å². The summed E-state index contributed by atoms with van der Waals surface area (Å²) in [4.78, 5) is 15.3. The van der Waals surface area contributed by atoms with Gasteiger partial charge in [-0.05, 0) is 186 Å². The van der Waals surface area contributed by atoms with E-state index in [-0.39, 0.29) is 71.9 Å². The molecule has 0 spiro atoms. The number of benzene rings is 7. The van der Waals surface area contributed by atoms with Crippen molar-refractivity contribution in [1.82, 2.24) is 37.0 Å². The maximum atomic E-state index is 14.8. The lowest BCUT2D eigenvalue weighted by molar-refractivity contribution is 0.235. The Kier molecular flexibility index (Phi) is 21.6. The van der Waals surface area contributed by atoms with E-state index in [0.29, 0.717) is 87.7 Å². The molecule has 11 rings (SSSR count). The van der Waals surface area contributed by atoms with Crippen LogP contribution >= 0.6 is 0 Å². The normalized spacial score (nSPS) is 16.6. The van der Waals surface area contributed by atoms with Crippen LogP contribution in [0.5, 0.6) is 0 Å². The Morgan fingerprint density at radius 1 is 0.287 bits per heavy atom. The molecule has 16 nitrogen and oxygen atoms in total. The summed E-state index contributed by atoms with van der Waals surface area (Å²) in [5.74, 6) is 0. The van der Waals surface area contributed by atoms with Crippen LogP contribution in [-0.4, -0.2) is 123 Å². The predicted octanol–water partition coefficient (Wildman–Crippen LogP) is 12.4. The molecule has 0 atom stereocenters. The molecule has 2 aliphatic rings. The van der Waals surface area contributed by atoms with Crippen molar-refractivity contribution >= 4 is 40.1 Å². The van der Waals surface area contributed by atoms with Crippen LogP contribution in [0.25, 0.3) is 22.3 Å². The van der Waals surface area contributed by atoms with E-state index >= 15 is 0 Å². The highest BCUT2D eigenvalue weighted by atomic mass is 32.2. The van der Waals surface area contributed by atoms with Crippen molar-refractivity contribution < 1.29 is 33.7 Å². The number of aryl methyl sites for hydroxylation is 4. The summed E-state index contributed by atoms with van der Waals surface area (Å²) >= 11 is 0. The predicted molar refractivity (Wildman–Crippen MR) is 370 cm³/mol. The number of sulfonamides is 4. The maximum absolute atomic E-state index is 14.8. The van der Waals surface area contributed by atoms with Crippen LogP contribution in [0, 0.1) is 27.7 Å². The summed E-state index contributed by atoms with van der Waals surface area (Å²) in [6.45, 7) is 11.3. The van der Waals surface area contributed by atoms with Crippen molar-refractivity contribution in [2.45, 2.75) is 112 Å². The molecule has 0 amide bonds. The van der Waals surface area contributed by atoms with Gasteiger partial charge in [0.05, 0.1) is 68.5 Å². The number of nitrogens with zero attached hydrogens (tertiary/aromatic N) is 8. The molecular weight excluding hydrogens is 1260 g/mol. The number of pyridine rings is 2. The molecule has 0 unspecified atom stereocenters. The highest BCUT2D eigenvalue weighted by Crippen LogP contribution is 2.30. The summed E-state index contributed by atoms with van der Waals surface area (Å²) in [5.41, 5.74) is 11.2. The van der Waals surface area contributed by atoms with E-state index in [0.717, 1.165) is 55.6 Å². The molecule has 490 valence electrons. The standard InChI is InChI=1S/C74H82N8O8S4/c1-57-19-31-71(32-20-57)91(83,84)79-43-11-39-77(40-12-44-80(92(85,86)72-33-21-58(2)22-34-72)54-68-48-65(47-67(53-79)75-68)63-15-7-5-8-16-63)51-61-27-29-62(30-28-61)52-78-41-13-45-81(93(87,88)73-35-23-59(3)24-36-73)55-69-49-66(64-17-9-6-10-18-64)50-70(76-69)56-82(46-14-42-78)94(89,90)74-37-25-60(4)26-38-74/h5-10,15-38,47-50H,11-14,39-46,51-56H2,1-4H3. The van der Waals surface area contributed by atoms with Crippen LogP contribution < -0.4 is 0 Å². The number of hydrogen-bond acceptors (Lipinski definition) is 12. The summed E-state index contributed by atoms with van der Waals surface area (Å²) in [7, 11) is -16.1. The van der Waals surface area contributed by atoms with Gasteiger partial charge < -0.3 is 0 Å². The molecule has 94 heavy (non-hydrogen) atoms. The van der Waals surface area contributed by atoms with Crippen LogP contribution in [-0.2, 0) is 79.4 Å². The molecule has 7 aromatic carbocycles. The fraction of sp³-hybridized carbons (Fsp3) is 0.297. The van der Waals surface area contributed by atoms with E-state index in [1.54, 1.807) is 97.1 Å². The topological polar surface area (TPSA) is 182 Å². The molecule has 9 aromatic rings. The quantitative estimate of drug-likeness (QED) is 0.101. The van der Waals surface area contributed by atoms with Gasteiger partial charge >= 0.3 is 0 Å². The Bertz CT molecular complexity index is 4000. The van der Waals surface area contributed by atoms with Crippen molar-refractivity contribution in [3.63, 3.8) is 0 Å². The van der Waals surface area contributed by atoms with Crippen molar-refractivity contribution in [3.05, 3.63) is 262 Å². The Hall–Kier alpha value is -7.60. The summed E-state index contributed by atoms with van der Waals surface area (Å²) in [5, 5.41) is 0. The minimum absolute atomic E-state index is 0.0375. The van der Waals surface area contributed by atoms with Gasteiger partial charge in [0.15, 0.2) is 0 Å². The molecule has 4 bridgehead atoms. The summed E-state index contributed by atoms with van der Waals surface area (Å²) < 4.78 is 124. The van der Waals surface area contributed by atoms with Crippen molar-refractivity contribution in [2.75, 3.05) is 52.4 Å². The molecule has 0 radical (unpaired) electrons. The summed E-state index contributed by atoms with van der Waals surface area (Å²) in [6, 6.07) is 62.9. The molecule has 0 aliphatic carbocycles. The van der Waals surface area contributed by atoms with Gasteiger partial charge in [0, 0.05) is 39.3 Å². The number of hydrogen-bond donors (Lipinski definition) is 0. The van der Waals surface area contributed by atoms with Gasteiger partial charge in [-0.25, -0.2) is 33.7 Å². The average Bonchev–Trinajstić information content (AvgIpc) is 0.848. The Morgan fingerprint density at radius 3 is 0.755 bits per heavy atom. The Morgan fingerprint density at radius 2 is 0.521 bits per heavy atom. The zero-order chi connectivity index (χ0) is 66.0. The smallest absolute Gasteiger partial charge is 0.243 e. The third-order valence-electron chi connectivity index (χ3n) is 17.4. The third-order valence-corrected chi connectivity index (χ3v) is 24.9. The van der Waals surface area contributed by atoms with Gasteiger partial charge in [-0.1, -0.05) is 156 Å². The van der Waals surface area contributed by atoms with E-state index in [9.17, 15) is 33.7 Å². The molecule has 0 saturated carbocycles. The highest BCUT2D eigenvalue weighted by Gasteiger charge is 2.32. The Labute approximate surface area is 556 Å². The zero-order valence-corrected chi connectivity index (χ0v) is 57.1. The summed E-state index contributed by atoms with van der Waals surface area (Å²) in [6.07, 6.45) is 1.89. The minimum atomic E-state index is -4.03. The van der Waals surface area contributed by atoms with Crippen LogP contribution in [0.1, 0.15) is 81.8 Å². The lowest BCUT2D eigenvalue weighted by Gasteiger charge is -2.29. The zero-order valence-electron chi connectivity index (χ0n) is 53.8. The lowest BCUT2D eigenvalue weighted by atomic mass is 10.0. The van der Waals surface area contributed by atoms with Gasteiger partial charge in [-0.2, -0.15) is 17.2 Å². The largest absolute Gasteiger partial charge is 0.299 e. The molecule has 2 aromatic heterocycles. The van der Waals surface area contributed by atoms with Gasteiger partial charge in [-0.3, -0.25) is 19.8 Å². The van der Waals surface area contributed by atoms with Gasteiger partial charge in [-0.15, -0.1) is 0 Å². The second kappa shape index (κ2) is 30.0. The molecule has 0 saturated heterocycles. The molecule has 2 aliphatic heterocycles. The Balaban J connectivity index is 0.872. The molecule has 0 N–H and O–H groups in total. The van der Waals surface area contributed by atoms with Crippen molar-refractivity contribution in [2.24, 2.45) is 0 Å². The van der Waals surface area contributed by atoms with Crippen molar-refractivity contribution in [1.29, 1.82) is 0 Å². The maximum Gasteiger partial charge on any atom is 0.243 e. The number of aromatic nitrogens is 2. The van der Waals surface area contributed by atoms with E-state index in [1.807, 2.05) is 113 Å². The third kappa shape index (κ3) is 16.9. The van der Waals surface area contributed by atoms with E-state index < -0.39 is 40.1 Å². The van der Waals surface area contributed by atoms with Crippen LogP contribution in [0.4, 0.5) is 0 Å². The van der Waals surface area contributed by atoms with Crippen LogP contribution in [0.2, 0.25) is 0 Å². The fourth-order valence-corrected chi connectivity index (χ4v) is 18.0. The first kappa shape index (κ1) is 67.8. The van der Waals surface area contributed by atoms with Gasteiger partial charge in [0.25, 0.3) is 0 Å². The number of rotatable bonds is 14. The molecular formula is C74H82N8O8S4. The van der Waals surface area contributed by atoms with Gasteiger partial charge in [0.1, 0.15) is 0 Å². The van der Waals surface area contributed by atoms with E-state index in [2.05, 4.69) is 34.1 Å². The first-order valence-corrected chi connectivity index (χ1v) is 37.8. The minimum Gasteiger partial charge on any atom is -0.299 e. The second-order valence-corrected chi connectivity index (χ2v) is 32.6. The molecule has 0 fully saturated rings. The molecule has 4 heterocycles. The lowest BCUT2D eigenvalue weighted by Crippen LogP contribution is -2.37. The van der Waals surface area contributed by atoms with Crippen LogP contribution in [0.3, 0.4) is 0 Å².